The number of hydrogen-bond acceptors (Lipinski definition) is 2. The zero-order valence-corrected chi connectivity index (χ0v) is 22.5. The molecule has 2 amide bonds. The van der Waals surface area contributed by atoms with Crippen LogP contribution in [0, 0.1) is 18.8 Å². The summed E-state index contributed by atoms with van der Waals surface area (Å²) in [6, 6.07) is 8.29. The largest absolute Gasteiger partial charge is 0.435 e. The number of nitrogens with one attached hydrogen (secondary N) is 2. The average molecular weight is 772 g/mol. The molecule has 0 bridgehead atoms. The van der Waals surface area contributed by atoms with Gasteiger partial charge in [-0.05, 0) is 87.6 Å². The first kappa shape index (κ1) is 30.0. The molecule has 4 nitrogen and oxygen atoms in total. The number of rotatable bonds is 5. The molecule has 2 N–H and O–H groups in total. The summed E-state index contributed by atoms with van der Waals surface area (Å²) < 4.78 is 121. The Labute approximate surface area is 235 Å². The lowest BCUT2D eigenvalue weighted by Gasteiger charge is -2.31. The Morgan fingerprint density at radius 1 is 0.711 bits per heavy atom. The molecule has 0 radical (unpaired) electrons. The maximum Gasteiger partial charge on any atom is 0.435 e. The van der Waals surface area contributed by atoms with E-state index in [1.54, 1.807) is 0 Å². The number of carbonyl (C=O) groups is 2. The summed E-state index contributed by atoms with van der Waals surface area (Å²) in [5, 5.41) is 4.34. The normalized spacial score (nSPS) is 12.3. The van der Waals surface area contributed by atoms with E-state index in [0.717, 1.165) is 24.3 Å². The van der Waals surface area contributed by atoms with Crippen LogP contribution in [0.4, 0.5) is 50.9 Å². The van der Waals surface area contributed by atoms with Crippen molar-refractivity contribution in [2.75, 3.05) is 10.6 Å². The second-order valence-electron chi connectivity index (χ2n) is 7.55. The van der Waals surface area contributed by atoms with E-state index in [-0.39, 0.29) is 23.4 Å². The number of hydrogen-bond donors (Lipinski definition) is 2. The van der Waals surface area contributed by atoms with Crippen LogP contribution in [0.25, 0.3) is 0 Å². The van der Waals surface area contributed by atoms with Gasteiger partial charge in [-0.3, -0.25) is 9.59 Å². The van der Waals surface area contributed by atoms with Crippen LogP contribution in [-0.4, -0.2) is 24.2 Å². The quantitative estimate of drug-likeness (QED) is 0.204. The molecule has 0 atom stereocenters. The molecule has 0 aliphatic carbocycles. The Bertz CT molecular complexity index is 1370. The molecule has 3 aromatic carbocycles. The van der Waals surface area contributed by atoms with Gasteiger partial charge in [-0.25, -0.2) is 13.2 Å². The van der Waals surface area contributed by atoms with Crippen molar-refractivity contribution < 1.29 is 49.1 Å². The molecular formula is C23H11F9I2N2O2. The molecule has 3 aromatic rings. The summed E-state index contributed by atoms with van der Waals surface area (Å²) in [6.07, 6.45) is -12.7. The highest BCUT2D eigenvalue weighted by molar-refractivity contribution is 14.1. The predicted molar refractivity (Wildman–Crippen MR) is 135 cm³/mol. The number of amides is 2. The number of alkyl halides is 7. The van der Waals surface area contributed by atoms with Crippen molar-refractivity contribution in [2.24, 2.45) is 0 Å². The zero-order valence-electron chi connectivity index (χ0n) is 18.2. The molecule has 0 heterocycles. The van der Waals surface area contributed by atoms with Crippen LogP contribution in [0.1, 0.15) is 26.3 Å². The number of anilines is 2. The maximum absolute atomic E-state index is 15.0. The Hall–Kier alpha value is -2.57. The van der Waals surface area contributed by atoms with Crippen LogP contribution < -0.4 is 10.6 Å². The second kappa shape index (κ2) is 10.9. The van der Waals surface area contributed by atoms with Crippen LogP contribution in [0.5, 0.6) is 0 Å². The Kier molecular flexibility index (Phi) is 8.59. The summed E-state index contributed by atoms with van der Waals surface area (Å²) in [7, 11) is 0. The molecule has 0 fully saturated rings. The first-order chi connectivity index (χ1) is 17.5. The Morgan fingerprint density at radius 3 is 1.79 bits per heavy atom. The third-order valence-electron chi connectivity index (χ3n) is 5.04. The standard InChI is InChI=1S/C23H11F9I2N2O2/c24-12-4-1-3-10(7-12)19(37)35-16-6-2-5-13(17(16)25)20(38)36-18-14(33)8-11(9-15(18)34)21(26,22(27,28)29)23(30,31)32/h1-9H,(H,35,37)(H,36,38). The summed E-state index contributed by atoms with van der Waals surface area (Å²) in [4.78, 5) is 25.0. The molecule has 0 unspecified atom stereocenters. The van der Waals surface area contributed by atoms with Crippen LogP contribution in [0.15, 0.2) is 54.6 Å². The topological polar surface area (TPSA) is 58.2 Å². The van der Waals surface area contributed by atoms with Gasteiger partial charge < -0.3 is 10.6 Å². The fourth-order valence-electron chi connectivity index (χ4n) is 3.19. The fourth-order valence-corrected chi connectivity index (χ4v) is 5.23. The predicted octanol–water partition coefficient (Wildman–Crippen LogP) is 7.97. The van der Waals surface area contributed by atoms with Crippen molar-refractivity contribution in [3.8, 4) is 0 Å². The average Bonchev–Trinajstić information content (AvgIpc) is 2.80. The van der Waals surface area contributed by atoms with Crippen LogP contribution >= 0.6 is 45.2 Å². The third kappa shape index (κ3) is 5.86. The molecule has 38 heavy (non-hydrogen) atoms. The third-order valence-corrected chi connectivity index (χ3v) is 6.74. The van der Waals surface area contributed by atoms with Gasteiger partial charge >= 0.3 is 18.0 Å². The second-order valence-corrected chi connectivity index (χ2v) is 9.88. The number of benzene rings is 3. The lowest BCUT2D eigenvalue weighted by Crippen LogP contribution is -2.50. The molecule has 15 heteroatoms. The van der Waals surface area contributed by atoms with Crippen molar-refractivity contribution in [1.29, 1.82) is 0 Å². The molecular weight excluding hydrogens is 761 g/mol. The highest BCUT2D eigenvalue weighted by Gasteiger charge is 2.73. The van der Waals surface area contributed by atoms with Gasteiger partial charge in [-0.1, -0.05) is 12.1 Å². The van der Waals surface area contributed by atoms with E-state index in [4.69, 9.17) is 0 Å². The minimum absolute atomic E-state index is 0.148. The molecule has 0 aliphatic rings. The van der Waals surface area contributed by atoms with Gasteiger partial charge in [-0.2, -0.15) is 26.3 Å². The molecule has 202 valence electrons. The summed E-state index contributed by atoms with van der Waals surface area (Å²) in [6.45, 7) is 0. The molecule has 3 rings (SSSR count). The molecule has 0 aromatic heterocycles. The van der Waals surface area contributed by atoms with Gasteiger partial charge in [0.2, 0.25) is 0 Å². The van der Waals surface area contributed by atoms with Crippen LogP contribution in [-0.2, 0) is 5.67 Å². The highest BCUT2D eigenvalue weighted by Crippen LogP contribution is 2.54. The molecule has 0 spiro atoms. The minimum atomic E-state index is -6.33. The van der Waals surface area contributed by atoms with E-state index in [2.05, 4.69) is 10.6 Å². The van der Waals surface area contributed by atoms with Crippen LogP contribution in [0.3, 0.4) is 0 Å². The van der Waals surface area contributed by atoms with Gasteiger partial charge in [-0.15, -0.1) is 0 Å². The van der Waals surface area contributed by atoms with Gasteiger partial charge in [0.1, 0.15) is 5.82 Å². The van der Waals surface area contributed by atoms with E-state index in [1.165, 1.54) is 63.4 Å². The van der Waals surface area contributed by atoms with Crippen molar-refractivity contribution in [3.63, 3.8) is 0 Å². The van der Waals surface area contributed by atoms with Crippen molar-refractivity contribution in [3.05, 3.63) is 90.1 Å². The van der Waals surface area contributed by atoms with E-state index in [0.29, 0.717) is 0 Å². The molecule has 0 saturated heterocycles. The SMILES string of the molecule is O=C(Nc1cccc(C(=O)Nc2c(I)cc(C(F)(C(F)(F)F)C(F)(F)F)cc2I)c1F)c1cccc(F)c1. The Morgan fingerprint density at radius 2 is 1.26 bits per heavy atom. The minimum Gasteiger partial charge on any atom is -0.320 e. The highest BCUT2D eigenvalue weighted by atomic mass is 127. The van der Waals surface area contributed by atoms with Gasteiger partial charge in [0.15, 0.2) is 5.82 Å². The Balaban J connectivity index is 1.92. The van der Waals surface area contributed by atoms with Gasteiger partial charge in [0, 0.05) is 18.3 Å². The lowest BCUT2D eigenvalue weighted by molar-refractivity contribution is -0.348. The fraction of sp³-hybridized carbons (Fsp3) is 0.130. The number of halogens is 11. The first-order valence-corrected chi connectivity index (χ1v) is 12.1. The van der Waals surface area contributed by atoms with Gasteiger partial charge in [0.05, 0.1) is 16.9 Å². The molecule has 0 saturated carbocycles. The first-order valence-electron chi connectivity index (χ1n) is 9.96. The van der Waals surface area contributed by atoms with Crippen LogP contribution in [0.2, 0.25) is 0 Å². The van der Waals surface area contributed by atoms with Gasteiger partial charge in [0.25, 0.3) is 11.8 Å². The van der Waals surface area contributed by atoms with E-state index in [9.17, 15) is 44.7 Å². The summed E-state index contributed by atoms with van der Waals surface area (Å²) >= 11 is 2.60. The summed E-state index contributed by atoms with van der Waals surface area (Å²) in [5.74, 6) is -4.03. The van der Waals surface area contributed by atoms with E-state index < -0.39 is 65.4 Å². The maximum atomic E-state index is 15.0. The zero-order chi connectivity index (χ0) is 28.6. The van der Waals surface area contributed by atoms with Crippen molar-refractivity contribution in [1.82, 2.24) is 0 Å². The van der Waals surface area contributed by atoms with E-state index in [1.807, 2.05) is 0 Å². The van der Waals surface area contributed by atoms with E-state index >= 15 is 4.39 Å². The molecule has 0 aliphatic heterocycles. The monoisotopic (exact) mass is 772 g/mol. The van der Waals surface area contributed by atoms with Crippen molar-refractivity contribution >= 4 is 68.4 Å². The smallest absolute Gasteiger partial charge is 0.320 e. The summed E-state index contributed by atoms with van der Waals surface area (Å²) in [5.41, 5.74) is -9.00. The number of carbonyl (C=O) groups excluding carboxylic acids is 2. The lowest BCUT2D eigenvalue weighted by atomic mass is 9.94. The van der Waals surface area contributed by atoms with Crippen molar-refractivity contribution in [2.45, 2.75) is 18.0 Å².